The number of carbonyl (C=O) groups is 1. The molecule has 0 spiro atoms. The van der Waals surface area contributed by atoms with Crippen LogP contribution in [0.1, 0.15) is 44.0 Å². The molecule has 5 rings (SSSR count). The van der Waals surface area contributed by atoms with Gasteiger partial charge >= 0.3 is 6.09 Å². The number of ether oxygens (including phenoxy) is 3. The summed E-state index contributed by atoms with van der Waals surface area (Å²) in [4.78, 5) is 23.6. The summed E-state index contributed by atoms with van der Waals surface area (Å²) < 4.78 is 17.7. The van der Waals surface area contributed by atoms with Gasteiger partial charge in [-0.3, -0.25) is 4.98 Å². The standard InChI is InChI=1S/C34H35N3O4/c1-34(2,3)41-33(38)37-20-18-27(19-21-37)30-16-14-28(22-35-30)29-15-17-31(39-23-25-10-6-4-7-11-25)36-32(29)40-24-26-12-8-5-9-13-26/h4-18,22H,19-21,23-24H2,1-3H3. The van der Waals surface area contributed by atoms with Crippen molar-refractivity contribution in [3.63, 3.8) is 0 Å². The van der Waals surface area contributed by atoms with Crippen LogP contribution in [0.4, 0.5) is 4.79 Å². The molecule has 0 atom stereocenters. The van der Waals surface area contributed by atoms with Crippen molar-refractivity contribution in [2.45, 2.75) is 46.0 Å². The smallest absolute Gasteiger partial charge is 0.410 e. The number of rotatable bonds is 8. The minimum absolute atomic E-state index is 0.289. The van der Waals surface area contributed by atoms with E-state index in [0.717, 1.165) is 33.5 Å². The lowest BCUT2D eigenvalue weighted by atomic mass is 10.0. The Morgan fingerprint density at radius 1 is 0.854 bits per heavy atom. The molecule has 41 heavy (non-hydrogen) atoms. The van der Waals surface area contributed by atoms with Crippen LogP contribution in [0.2, 0.25) is 0 Å². The Balaban J connectivity index is 1.32. The SMILES string of the molecule is CC(C)(C)OC(=O)N1CC=C(c2ccc(-c3ccc(OCc4ccccc4)nc3OCc3ccccc3)cn2)CC1. The number of amides is 1. The molecule has 0 radical (unpaired) electrons. The number of aromatic nitrogens is 2. The number of benzene rings is 2. The molecule has 2 aromatic heterocycles. The second-order valence-corrected chi connectivity index (χ2v) is 10.9. The average Bonchev–Trinajstić information content (AvgIpc) is 2.99. The van der Waals surface area contributed by atoms with Gasteiger partial charge in [0.05, 0.1) is 5.69 Å². The van der Waals surface area contributed by atoms with Crippen molar-refractivity contribution < 1.29 is 19.0 Å². The minimum atomic E-state index is -0.511. The molecule has 0 N–H and O–H groups in total. The highest BCUT2D eigenvalue weighted by molar-refractivity contribution is 5.73. The van der Waals surface area contributed by atoms with Crippen LogP contribution < -0.4 is 9.47 Å². The third-order valence-corrected chi connectivity index (χ3v) is 6.55. The normalized spacial score (nSPS) is 13.3. The van der Waals surface area contributed by atoms with E-state index in [1.165, 1.54) is 0 Å². The van der Waals surface area contributed by atoms with Gasteiger partial charge in [-0.05, 0) is 56.0 Å². The number of carbonyl (C=O) groups excluding carboxylic acids is 1. The van der Waals surface area contributed by atoms with Gasteiger partial charge < -0.3 is 19.1 Å². The molecule has 0 saturated heterocycles. The van der Waals surface area contributed by atoms with Crippen LogP contribution in [0.5, 0.6) is 11.8 Å². The first kappa shape index (κ1) is 27.9. The van der Waals surface area contributed by atoms with Crippen LogP contribution in [0, 0.1) is 0 Å². The van der Waals surface area contributed by atoms with E-state index in [4.69, 9.17) is 24.2 Å². The minimum Gasteiger partial charge on any atom is -0.473 e. The highest BCUT2D eigenvalue weighted by atomic mass is 16.6. The number of nitrogens with zero attached hydrogens (tertiary/aromatic N) is 3. The first-order chi connectivity index (χ1) is 19.8. The van der Waals surface area contributed by atoms with Gasteiger partial charge in [-0.25, -0.2) is 4.79 Å². The van der Waals surface area contributed by atoms with E-state index < -0.39 is 5.60 Å². The van der Waals surface area contributed by atoms with Crippen LogP contribution in [0.3, 0.4) is 0 Å². The van der Waals surface area contributed by atoms with Crippen molar-refractivity contribution in [2.75, 3.05) is 13.1 Å². The van der Waals surface area contributed by atoms with Gasteiger partial charge in [-0.2, -0.15) is 4.98 Å². The van der Waals surface area contributed by atoms with Gasteiger partial charge in [0.15, 0.2) is 0 Å². The van der Waals surface area contributed by atoms with Crippen LogP contribution in [0.25, 0.3) is 16.7 Å². The molecule has 0 unspecified atom stereocenters. The van der Waals surface area contributed by atoms with Gasteiger partial charge in [0, 0.05) is 36.5 Å². The Bertz CT molecular complexity index is 1480. The maximum Gasteiger partial charge on any atom is 0.410 e. The molecule has 7 heteroatoms. The Labute approximate surface area is 241 Å². The summed E-state index contributed by atoms with van der Waals surface area (Å²) in [5.74, 6) is 0.978. The van der Waals surface area contributed by atoms with E-state index in [-0.39, 0.29) is 6.09 Å². The van der Waals surface area contributed by atoms with E-state index in [0.29, 0.717) is 44.5 Å². The summed E-state index contributed by atoms with van der Waals surface area (Å²) in [6, 6.07) is 27.8. The fraction of sp³-hybridized carbons (Fsp3) is 0.265. The Morgan fingerprint density at radius 2 is 1.54 bits per heavy atom. The van der Waals surface area contributed by atoms with Crippen LogP contribution in [0.15, 0.2) is 97.2 Å². The first-order valence-electron chi connectivity index (χ1n) is 13.8. The second kappa shape index (κ2) is 12.7. The van der Waals surface area contributed by atoms with Gasteiger partial charge in [0.25, 0.3) is 0 Å². The maximum absolute atomic E-state index is 12.4. The molecule has 1 amide bonds. The zero-order valence-electron chi connectivity index (χ0n) is 23.7. The summed E-state index contributed by atoms with van der Waals surface area (Å²) in [5.41, 5.74) is 5.33. The average molecular weight is 550 g/mol. The molecule has 0 bridgehead atoms. The number of pyridine rings is 2. The van der Waals surface area contributed by atoms with Gasteiger partial charge in [-0.1, -0.05) is 72.8 Å². The van der Waals surface area contributed by atoms with Crippen molar-refractivity contribution in [3.05, 3.63) is 114 Å². The second-order valence-electron chi connectivity index (χ2n) is 10.9. The van der Waals surface area contributed by atoms with Gasteiger partial charge in [-0.15, -0.1) is 0 Å². The third kappa shape index (κ3) is 7.72. The fourth-order valence-electron chi connectivity index (χ4n) is 4.43. The van der Waals surface area contributed by atoms with E-state index in [1.54, 1.807) is 4.90 Å². The van der Waals surface area contributed by atoms with Crippen LogP contribution >= 0.6 is 0 Å². The van der Waals surface area contributed by atoms with Crippen molar-refractivity contribution in [2.24, 2.45) is 0 Å². The lowest BCUT2D eigenvalue weighted by Gasteiger charge is -2.29. The van der Waals surface area contributed by atoms with E-state index >= 15 is 0 Å². The van der Waals surface area contributed by atoms with Gasteiger partial charge in [0.2, 0.25) is 11.8 Å². The number of hydrogen-bond donors (Lipinski definition) is 0. The van der Waals surface area contributed by atoms with Crippen LogP contribution in [-0.2, 0) is 18.0 Å². The van der Waals surface area contributed by atoms with Crippen molar-refractivity contribution in [3.8, 4) is 22.9 Å². The summed E-state index contributed by atoms with van der Waals surface area (Å²) in [5, 5.41) is 0. The van der Waals surface area contributed by atoms with E-state index in [9.17, 15) is 4.79 Å². The molecule has 210 valence electrons. The summed E-state index contributed by atoms with van der Waals surface area (Å²) in [6.45, 7) is 7.52. The van der Waals surface area contributed by atoms with Crippen molar-refractivity contribution in [1.29, 1.82) is 0 Å². The van der Waals surface area contributed by atoms with Gasteiger partial charge in [0.1, 0.15) is 18.8 Å². The summed E-state index contributed by atoms with van der Waals surface area (Å²) in [6.07, 6.45) is 4.31. The summed E-state index contributed by atoms with van der Waals surface area (Å²) >= 11 is 0. The molecule has 0 saturated carbocycles. The Kier molecular flexibility index (Phi) is 8.63. The highest BCUT2D eigenvalue weighted by Gasteiger charge is 2.24. The zero-order chi connectivity index (χ0) is 28.7. The highest BCUT2D eigenvalue weighted by Crippen LogP contribution is 2.32. The molecule has 0 fully saturated rings. The van der Waals surface area contributed by atoms with Crippen molar-refractivity contribution in [1.82, 2.24) is 14.9 Å². The monoisotopic (exact) mass is 549 g/mol. The topological polar surface area (TPSA) is 73.8 Å². The molecule has 0 aliphatic carbocycles. The Morgan fingerprint density at radius 3 is 2.12 bits per heavy atom. The lowest BCUT2D eigenvalue weighted by molar-refractivity contribution is 0.0270. The summed E-state index contributed by atoms with van der Waals surface area (Å²) in [7, 11) is 0. The molecule has 1 aliphatic heterocycles. The zero-order valence-corrected chi connectivity index (χ0v) is 23.7. The molecule has 1 aliphatic rings. The molecule has 2 aromatic carbocycles. The first-order valence-corrected chi connectivity index (χ1v) is 13.8. The molecular formula is C34H35N3O4. The van der Waals surface area contributed by atoms with Crippen molar-refractivity contribution >= 4 is 11.7 Å². The predicted molar refractivity (Wildman–Crippen MR) is 159 cm³/mol. The van der Waals surface area contributed by atoms with E-state index in [1.807, 2.05) is 118 Å². The lowest BCUT2D eigenvalue weighted by Crippen LogP contribution is -2.39. The molecule has 3 heterocycles. The Hall–Kier alpha value is -4.65. The van der Waals surface area contributed by atoms with Crippen LogP contribution in [-0.4, -0.2) is 39.7 Å². The largest absolute Gasteiger partial charge is 0.473 e. The van der Waals surface area contributed by atoms with E-state index in [2.05, 4.69) is 0 Å². The molecule has 4 aromatic rings. The number of hydrogen-bond acceptors (Lipinski definition) is 6. The molecular weight excluding hydrogens is 514 g/mol. The maximum atomic E-state index is 12.4. The molecule has 7 nitrogen and oxygen atoms in total. The fourth-order valence-corrected chi connectivity index (χ4v) is 4.43. The third-order valence-electron chi connectivity index (χ3n) is 6.55. The predicted octanol–water partition coefficient (Wildman–Crippen LogP) is 7.33. The quantitative estimate of drug-likeness (QED) is 0.229.